The Morgan fingerprint density at radius 1 is 1.13 bits per heavy atom. The first kappa shape index (κ1) is 11.0. The largest absolute Gasteiger partial charge is 0.376 e. The summed E-state index contributed by atoms with van der Waals surface area (Å²) in [5.74, 6) is 0. The van der Waals surface area contributed by atoms with Gasteiger partial charge in [-0.2, -0.15) is 21.0 Å². The zero-order valence-electron chi connectivity index (χ0n) is 8.19. The highest BCUT2D eigenvalue weighted by molar-refractivity contribution is 5.43. The molecular formula is C10H8N4O. The zero-order valence-corrected chi connectivity index (χ0v) is 8.19. The normalized spacial score (nSPS) is 24.7. The van der Waals surface area contributed by atoms with Crippen LogP contribution in [-0.4, -0.2) is 12.7 Å². The second-order valence-corrected chi connectivity index (χ2v) is 3.31. The summed E-state index contributed by atoms with van der Waals surface area (Å²) in [4.78, 5) is 0. The Balaban J connectivity index is 3.15. The monoisotopic (exact) mass is 200 g/mol. The SMILES string of the molecule is CCOC1CC(C#N)(C#N)C1(C#N)C#N. The first-order chi connectivity index (χ1) is 7.16. The number of ether oxygens (including phenoxy) is 1. The summed E-state index contributed by atoms with van der Waals surface area (Å²) in [6.07, 6.45) is -0.522. The molecule has 0 aromatic rings. The summed E-state index contributed by atoms with van der Waals surface area (Å²) < 4.78 is 5.19. The van der Waals surface area contributed by atoms with E-state index in [0.29, 0.717) is 6.61 Å². The lowest BCUT2D eigenvalue weighted by atomic mass is 9.50. The molecule has 1 aliphatic carbocycles. The Morgan fingerprint density at radius 2 is 1.67 bits per heavy atom. The molecule has 0 radical (unpaired) electrons. The van der Waals surface area contributed by atoms with Crippen molar-refractivity contribution < 1.29 is 4.74 Å². The lowest BCUT2D eigenvalue weighted by Gasteiger charge is -2.47. The van der Waals surface area contributed by atoms with E-state index < -0.39 is 16.9 Å². The van der Waals surface area contributed by atoms with Crippen LogP contribution >= 0.6 is 0 Å². The lowest BCUT2D eigenvalue weighted by molar-refractivity contribution is -0.104. The molecule has 5 nitrogen and oxygen atoms in total. The topological polar surface area (TPSA) is 104 Å². The molecule has 1 atom stereocenters. The molecule has 0 aromatic carbocycles. The van der Waals surface area contributed by atoms with Gasteiger partial charge in [-0.3, -0.25) is 0 Å². The van der Waals surface area contributed by atoms with Crippen molar-refractivity contribution in [3.63, 3.8) is 0 Å². The summed E-state index contributed by atoms with van der Waals surface area (Å²) in [6.45, 7) is 2.08. The van der Waals surface area contributed by atoms with Gasteiger partial charge in [0.1, 0.15) is 0 Å². The van der Waals surface area contributed by atoms with Crippen molar-refractivity contribution in [3.05, 3.63) is 0 Å². The van der Waals surface area contributed by atoms with Crippen LogP contribution in [-0.2, 0) is 4.74 Å². The molecule has 0 aromatic heterocycles. The molecule has 0 bridgehead atoms. The minimum atomic E-state index is -1.65. The predicted octanol–water partition coefficient (Wildman–Crippen LogP) is 0.862. The van der Waals surface area contributed by atoms with E-state index >= 15 is 0 Å². The van der Waals surface area contributed by atoms with E-state index in [1.165, 1.54) is 0 Å². The molecular weight excluding hydrogens is 192 g/mol. The van der Waals surface area contributed by atoms with Gasteiger partial charge in [0.2, 0.25) is 5.41 Å². The van der Waals surface area contributed by atoms with Gasteiger partial charge in [0.15, 0.2) is 5.41 Å². The molecule has 0 N–H and O–H groups in total. The molecule has 0 spiro atoms. The van der Waals surface area contributed by atoms with Gasteiger partial charge < -0.3 is 4.74 Å². The zero-order chi connectivity index (χ0) is 11.5. The molecule has 15 heavy (non-hydrogen) atoms. The van der Waals surface area contributed by atoms with Crippen LogP contribution in [0.5, 0.6) is 0 Å². The van der Waals surface area contributed by atoms with Crippen LogP contribution in [0.1, 0.15) is 13.3 Å². The highest BCUT2D eigenvalue weighted by atomic mass is 16.5. The van der Waals surface area contributed by atoms with Crippen molar-refractivity contribution in [2.24, 2.45) is 10.8 Å². The second-order valence-electron chi connectivity index (χ2n) is 3.31. The average Bonchev–Trinajstić information content (AvgIpc) is 2.26. The third-order valence-corrected chi connectivity index (χ3v) is 2.75. The molecule has 0 amide bonds. The fraction of sp³-hybridized carbons (Fsp3) is 0.600. The first-order valence-corrected chi connectivity index (χ1v) is 4.43. The van der Waals surface area contributed by atoms with Crippen molar-refractivity contribution in [1.82, 2.24) is 0 Å². The van der Waals surface area contributed by atoms with Crippen LogP contribution < -0.4 is 0 Å². The van der Waals surface area contributed by atoms with E-state index in [9.17, 15) is 0 Å². The molecule has 0 saturated heterocycles. The highest BCUT2D eigenvalue weighted by Crippen LogP contribution is 2.56. The van der Waals surface area contributed by atoms with Crippen molar-refractivity contribution >= 4 is 0 Å². The number of hydrogen-bond donors (Lipinski definition) is 0. The van der Waals surface area contributed by atoms with Gasteiger partial charge in [-0.15, -0.1) is 0 Å². The average molecular weight is 200 g/mol. The number of nitrogens with zero attached hydrogens (tertiary/aromatic N) is 4. The van der Waals surface area contributed by atoms with Gasteiger partial charge in [-0.05, 0) is 6.92 Å². The lowest BCUT2D eigenvalue weighted by Crippen LogP contribution is -2.60. The minimum absolute atomic E-state index is 0.120. The molecule has 5 heteroatoms. The van der Waals surface area contributed by atoms with Crippen LogP contribution in [0.4, 0.5) is 0 Å². The van der Waals surface area contributed by atoms with Crippen LogP contribution in [0, 0.1) is 56.2 Å². The minimum Gasteiger partial charge on any atom is -0.376 e. The first-order valence-electron chi connectivity index (χ1n) is 4.43. The third kappa shape index (κ3) is 1.08. The standard InChI is InChI=1S/C10H8N4O/c1-2-15-8-3-9(4-11,5-12)10(8,6-13)7-14/h8H,2-3H2,1H3. The van der Waals surface area contributed by atoms with Crippen LogP contribution in [0.3, 0.4) is 0 Å². The van der Waals surface area contributed by atoms with Crippen molar-refractivity contribution in [2.75, 3.05) is 6.61 Å². The van der Waals surface area contributed by atoms with Gasteiger partial charge in [0.25, 0.3) is 0 Å². The van der Waals surface area contributed by atoms with E-state index in [-0.39, 0.29) is 6.42 Å². The second kappa shape index (κ2) is 3.58. The van der Waals surface area contributed by atoms with Gasteiger partial charge in [0.05, 0.1) is 30.4 Å². The number of hydrogen-bond acceptors (Lipinski definition) is 5. The molecule has 1 unspecified atom stereocenters. The Labute approximate surface area is 87.7 Å². The summed E-state index contributed by atoms with van der Waals surface area (Å²) >= 11 is 0. The molecule has 1 fully saturated rings. The molecule has 0 heterocycles. The molecule has 74 valence electrons. The van der Waals surface area contributed by atoms with E-state index in [1.807, 2.05) is 0 Å². The highest BCUT2D eigenvalue weighted by Gasteiger charge is 2.70. The van der Waals surface area contributed by atoms with Crippen molar-refractivity contribution in [3.8, 4) is 24.3 Å². The Bertz CT molecular complexity index is 400. The smallest absolute Gasteiger partial charge is 0.201 e. The fourth-order valence-corrected chi connectivity index (χ4v) is 1.77. The van der Waals surface area contributed by atoms with E-state index in [0.717, 1.165) is 0 Å². The number of nitriles is 4. The van der Waals surface area contributed by atoms with E-state index in [4.69, 9.17) is 25.8 Å². The summed E-state index contributed by atoms with van der Waals surface area (Å²) in [7, 11) is 0. The maximum atomic E-state index is 8.98. The maximum absolute atomic E-state index is 8.98. The number of rotatable bonds is 2. The maximum Gasteiger partial charge on any atom is 0.201 e. The van der Waals surface area contributed by atoms with Crippen LogP contribution in [0.15, 0.2) is 0 Å². The molecule has 0 aliphatic heterocycles. The quantitative estimate of drug-likeness (QED) is 0.657. The van der Waals surface area contributed by atoms with E-state index in [1.54, 1.807) is 31.2 Å². The fourth-order valence-electron chi connectivity index (χ4n) is 1.77. The summed E-state index contributed by atoms with van der Waals surface area (Å²) in [5, 5.41) is 35.7. The Hall–Kier alpha value is -2.08. The van der Waals surface area contributed by atoms with Gasteiger partial charge in [0, 0.05) is 13.0 Å². The Kier molecular flexibility index (Phi) is 2.63. The van der Waals surface area contributed by atoms with Crippen LogP contribution in [0.25, 0.3) is 0 Å². The van der Waals surface area contributed by atoms with Gasteiger partial charge in [-0.1, -0.05) is 0 Å². The van der Waals surface area contributed by atoms with Gasteiger partial charge >= 0.3 is 0 Å². The van der Waals surface area contributed by atoms with Gasteiger partial charge in [-0.25, -0.2) is 0 Å². The summed E-state index contributed by atoms with van der Waals surface area (Å²) in [6, 6.07) is 7.04. The predicted molar refractivity (Wildman–Crippen MR) is 47.3 cm³/mol. The third-order valence-electron chi connectivity index (χ3n) is 2.75. The van der Waals surface area contributed by atoms with Crippen molar-refractivity contribution in [1.29, 1.82) is 21.0 Å². The molecule has 1 rings (SSSR count). The molecule has 1 saturated carbocycles. The van der Waals surface area contributed by atoms with E-state index in [2.05, 4.69) is 0 Å². The summed E-state index contributed by atoms with van der Waals surface area (Å²) in [5.41, 5.74) is -3.19. The van der Waals surface area contributed by atoms with Crippen LogP contribution in [0.2, 0.25) is 0 Å². The Morgan fingerprint density at radius 3 is 2.00 bits per heavy atom. The molecule has 1 aliphatic rings. The van der Waals surface area contributed by atoms with Crippen molar-refractivity contribution in [2.45, 2.75) is 19.4 Å².